The van der Waals surface area contributed by atoms with E-state index in [-0.39, 0.29) is 36.8 Å². The van der Waals surface area contributed by atoms with Crippen molar-refractivity contribution in [3.63, 3.8) is 0 Å². The van der Waals surface area contributed by atoms with Gasteiger partial charge in [0.15, 0.2) is 0 Å². The van der Waals surface area contributed by atoms with E-state index in [1.807, 2.05) is 52.0 Å². The number of nitrogens with one attached hydrogen (secondary N) is 1. The van der Waals surface area contributed by atoms with Crippen molar-refractivity contribution in [2.24, 2.45) is 11.1 Å². The summed E-state index contributed by atoms with van der Waals surface area (Å²) in [5.41, 5.74) is 7.82. The number of carbonyl (C=O) groups is 1. The van der Waals surface area contributed by atoms with Crippen LogP contribution in [-0.2, 0) is 9.53 Å². The highest BCUT2D eigenvalue weighted by Gasteiger charge is 2.62. The molecule has 1 aromatic carbocycles. The molecule has 3 N–H and O–H groups in total. The summed E-state index contributed by atoms with van der Waals surface area (Å²) in [5.74, 6) is -0.169. The molecule has 26 heavy (non-hydrogen) atoms. The SMILES string of the molecule is CCOC1CC(N)(C(=O)Nc2ccc(C)c3ncccc23)C1(C)C.Cl.Cl. The molecule has 1 aliphatic carbocycles. The maximum Gasteiger partial charge on any atom is 0.245 e. The number of nitrogens with zero attached hydrogens (tertiary/aromatic N) is 1. The van der Waals surface area contributed by atoms with Crippen LogP contribution < -0.4 is 11.1 Å². The third-order valence-corrected chi connectivity index (χ3v) is 5.45. The number of amides is 1. The maximum absolute atomic E-state index is 12.9. The quantitative estimate of drug-likeness (QED) is 0.817. The lowest BCUT2D eigenvalue weighted by molar-refractivity contribution is -0.166. The van der Waals surface area contributed by atoms with E-state index in [1.165, 1.54) is 0 Å². The molecule has 144 valence electrons. The molecule has 0 spiro atoms. The number of hydrogen-bond donors (Lipinski definition) is 2. The highest BCUT2D eigenvalue weighted by atomic mass is 35.5. The Balaban J connectivity index is 0.00000169. The van der Waals surface area contributed by atoms with Crippen LogP contribution in [0.25, 0.3) is 10.9 Å². The van der Waals surface area contributed by atoms with Gasteiger partial charge < -0.3 is 15.8 Å². The predicted octanol–water partition coefficient (Wildman–Crippen LogP) is 3.86. The van der Waals surface area contributed by atoms with Crippen molar-refractivity contribution in [1.29, 1.82) is 0 Å². The van der Waals surface area contributed by atoms with Crippen molar-refractivity contribution in [3.8, 4) is 0 Å². The first-order valence-electron chi connectivity index (χ1n) is 8.37. The molecule has 0 aliphatic heterocycles. The van der Waals surface area contributed by atoms with E-state index in [9.17, 15) is 4.79 Å². The van der Waals surface area contributed by atoms with Crippen LogP contribution in [0.2, 0.25) is 0 Å². The number of benzene rings is 1. The standard InChI is InChI=1S/C19H25N3O2.2ClH/c1-5-24-15-11-19(20,18(15,3)4)17(23)22-14-9-8-12(2)16-13(14)7-6-10-21-16;;/h6-10,15H,5,11,20H2,1-4H3,(H,22,23);2*1H. The predicted molar refractivity (Wildman–Crippen MR) is 110 cm³/mol. The van der Waals surface area contributed by atoms with E-state index in [0.29, 0.717) is 13.0 Å². The second kappa shape index (κ2) is 8.09. The Morgan fingerprint density at radius 3 is 2.65 bits per heavy atom. The first-order chi connectivity index (χ1) is 11.3. The summed E-state index contributed by atoms with van der Waals surface area (Å²) >= 11 is 0. The number of ether oxygens (including phenoxy) is 1. The minimum Gasteiger partial charge on any atom is -0.378 e. The van der Waals surface area contributed by atoms with E-state index in [1.54, 1.807) is 6.20 Å². The fraction of sp³-hybridized carbons (Fsp3) is 0.474. The monoisotopic (exact) mass is 399 g/mol. The Bertz CT molecular complexity index is 797. The lowest BCUT2D eigenvalue weighted by atomic mass is 9.54. The number of aromatic nitrogens is 1. The van der Waals surface area contributed by atoms with Crippen LogP contribution in [-0.4, -0.2) is 29.1 Å². The summed E-state index contributed by atoms with van der Waals surface area (Å²) in [7, 11) is 0. The number of halogens is 2. The number of carbonyl (C=O) groups excluding carboxylic acids is 1. The largest absolute Gasteiger partial charge is 0.378 e. The third kappa shape index (κ3) is 3.41. The van der Waals surface area contributed by atoms with Crippen LogP contribution in [0.3, 0.4) is 0 Å². The Morgan fingerprint density at radius 2 is 2.04 bits per heavy atom. The molecule has 1 fully saturated rings. The molecule has 1 aromatic heterocycles. The van der Waals surface area contributed by atoms with Gasteiger partial charge in [-0.05, 0) is 37.6 Å². The van der Waals surface area contributed by atoms with Crippen LogP contribution in [0, 0.1) is 12.3 Å². The van der Waals surface area contributed by atoms with Gasteiger partial charge in [-0.25, -0.2) is 0 Å². The molecule has 1 saturated carbocycles. The Kier molecular flexibility index (Phi) is 7.04. The van der Waals surface area contributed by atoms with Gasteiger partial charge in [-0.1, -0.05) is 19.9 Å². The molecule has 0 radical (unpaired) electrons. The number of pyridine rings is 1. The topological polar surface area (TPSA) is 77.2 Å². The highest BCUT2D eigenvalue weighted by molar-refractivity contribution is 6.06. The summed E-state index contributed by atoms with van der Waals surface area (Å²) in [6, 6.07) is 7.70. The Hall–Kier alpha value is -1.40. The minimum absolute atomic E-state index is 0. The fourth-order valence-corrected chi connectivity index (χ4v) is 3.48. The van der Waals surface area contributed by atoms with Crippen LogP contribution in [0.4, 0.5) is 5.69 Å². The number of aryl methyl sites for hydroxylation is 1. The van der Waals surface area contributed by atoms with Gasteiger partial charge in [0.2, 0.25) is 5.91 Å². The highest BCUT2D eigenvalue weighted by Crippen LogP contribution is 2.50. The lowest BCUT2D eigenvalue weighted by Crippen LogP contribution is -2.74. The van der Waals surface area contributed by atoms with Crippen LogP contribution in [0.15, 0.2) is 30.5 Å². The summed E-state index contributed by atoms with van der Waals surface area (Å²) in [6.07, 6.45) is 2.30. The molecular weight excluding hydrogens is 373 g/mol. The van der Waals surface area contributed by atoms with Crippen LogP contribution in [0.5, 0.6) is 0 Å². The lowest BCUT2D eigenvalue weighted by Gasteiger charge is -2.57. The van der Waals surface area contributed by atoms with Crippen molar-refractivity contribution >= 4 is 47.3 Å². The molecule has 2 atom stereocenters. The second-order valence-corrected chi connectivity index (χ2v) is 7.12. The van der Waals surface area contributed by atoms with Crippen LogP contribution >= 0.6 is 24.8 Å². The molecule has 2 aromatic rings. The fourth-order valence-electron chi connectivity index (χ4n) is 3.48. The molecule has 3 rings (SSSR count). The summed E-state index contributed by atoms with van der Waals surface area (Å²) < 4.78 is 5.70. The normalized spacial score (nSPS) is 23.3. The van der Waals surface area contributed by atoms with Crippen molar-refractivity contribution in [1.82, 2.24) is 4.98 Å². The molecule has 1 amide bonds. The Labute approximate surface area is 166 Å². The average Bonchev–Trinajstić information content (AvgIpc) is 2.57. The maximum atomic E-state index is 12.9. The molecule has 2 unspecified atom stereocenters. The zero-order chi connectivity index (χ0) is 17.5. The van der Waals surface area contributed by atoms with E-state index >= 15 is 0 Å². The van der Waals surface area contributed by atoms with E-state index in [2.05, 4.69) is 10.3 Å². The van der Waals surface area contributed by atoms with Gasteiger partial charge in [0.05, 0.1) is 17.3 Å². The number of fused-ring (bicyclic) bond motifs is 1. The molecule has 0 bridgehead atoms. The van der Waals surface area contributed by atoms with Gasteiger partial charge >= 0.3 is 0 Å². The molecule has 5 nitrogen and oxygen atoms in total. The van der Waals surface area contributed by atoms with Crippen molar-refractivity contribution < 1.29 is 9.53 Å². The zero-order valence-electron chi connectivity index (χ0n) is 15.5. The van der Waals surface area contributed by atoms with Gasteiger partial charge in [0.1, 0.15) is 5.54 Å². The summed E-state index contributed by atoms with van der Waals surface area (Å²) in [5, 5.41) is 3.94. The van der Waals surface area contributed by atoms with Crippen molar-refractivity contribution in [2.45, 2.75) is 45.8 Å². The first kappa shape index (κ1) is 22.6. The smallest absolute Gasteiger partial charge is 0.245 e. The molecular formula is C19H27Cl2N3O2. The number of rotatable bonds is 4. The van der Waals surface area contributed by atoms with E-state index in [0.717, 1.165) is 22.2 Å². The second-order valence-electron chi connectivity index (χ2n) is 7.12. The molecule has 1 aliphatic rings. The molecule has 7 heteroatoms. The Morgan fingerprint density at radius 1 is 1.35 bits per heavy atom. The van der Waals surface area contributed by atoms with E-state index < -0.39 is 11.0 Å². The first-order valence-corrected chi connectivity index (χ1v) is 8.37. The van der Waals surface area contributed by atoms with Gasteiger partial charge in [-0.15, -0.1) is 24.8 Å². The summed E-state index contributed by atoms with van der Waals surface area (Å²) in [4.78, 5) is 17.3. The average molecular weight is 400 g/mol. The van der Waals surface area contributed by atoms with Gasteiger partial charge in [0.25, 0.3) is 0 Å². The molecule has 1 heterocycles. The van der Waals surface area contributed by atoms with Gasteiger partial charge in [-0.2, -0.15) is 0 Å². The minimum atomic E-state index is -0.938. The number of hydrogen-bond acceptors (Lipinski definition) is 4. The number of anilines is 1. The molecule has 0 saturated heterocycles. The number of nitrogens with two attached hydrogens (primary N) is 1. The summed E-state index contributed by atoms with van der Waals surface area (Å²) in [6.45, 7) is 8.57. The van der Waals surface area contributed by atoms with Gasteiger partial charge in [0, 0.05) is 30.0 Å². The van der Waals surface area contributed by atoms with Crippen molar-refractivity contribution in [2.75, 3.05) is 11.9 Å². The van der Waals surface area contributed by atoms with Crippen LogP contribution in [0.1, 0.15) is 32.8 Å². The third-order valence-electron chi connectivity index (χ3n) is 5.45. The zero-order valence-corrected chi connectivity index (χ0v) is 17.2. The van der Waals surface area contributed by atoms with E-state index in [4.69, 9.17) is 10.5 Å². The van der Waals surface area contributed by atoms with Crippen molar-refractivity contribution in [3.05, 3.63) is 36.0 Å². The van der Waals surface area contributed by atoms with Gasteiger partial charge in [-0.3, -0.25) is 9.78 Å².